The highest BCUT2D eigenvalue weighted by Gasteiger charge is 2.15. The minimum absolute atomic E-state index is 0.248. The monoisotopic (exact) mass is 219 g/mol. The zero-order valence-corrected chi connectivity index (χ0v) is 8.47. The molecule has 1 radical (unpaired) electrons. The second kappa shape index (κ2) is 5.65. The van der Waals surface area contributed by atoms with E-state index in [1.54, 1.807) is 36.6 Å². The van der Waals surface area contributed by atoms with Gasteiger partial charge in [-0.15, -0.1) is 0 Å². The SMILES string of the molecule is NC(=O)C[C@H]([C]=O)NC(=O)c1ccccc1. The van der Waals surface area contributed by atoms with Crippen molar-refractivity contribution in [3.63, 3.8) is 0 Å². The number of carbonyl (C=O) groups excluding carboxylic acids is 3. The van der Waals surface area contributed by atoms with Gasteiger partial charge in [-0.2, -0.15) is 0 Å². The van der Waals surface area contributed by atoms with Crippen LogP contribution in [0.2, 0.25) is 0 Å². The summed E-state index contributed by atoms with van der Waals surface area (Å²) in [6.07, 6.45) is 1.30. The fourth-order valence-electron chi connectivity index (χ4n) is 1.15. The average Bonchev–Trinajstić information content (AvgIpc) is 2.28. The van der Waals surface area contributed by atoms with Crippen molar-refractivity contribution in [2.24, 2.45) is 5.73 Å². The van der Waals surface area contributed by atoms with E-state index in [1.165, 1.54) is 0 Å². The Kier molecular flexibility index (Phi) is 4.20. The average molecular weight is 219 g/mol. The Balaban J connectivity index is 2.62. The molecule has 1 aromatic carbocycles. The van der Waals surface area contributed by atoms with Gasteiger partial charge in [-0.05, 0) is 12.1 Å². The van der Waals surface area contributed by atoms with Gasteiger partial charge >= 0.3 is 0 Å². The molecule has 0 spiro atoms. The van der Waals surface area contributed by atoms with Crippen LogP contribution in [0.25, 0.3) is 0 Å². The van der Waals surface area contributed by atoms with E-state index in [2.05, 4.69) is 5.32 Å². The molecule has 0 saturated carbocycles. The van der Waals surface area contributed by atoms with Crippen LogP contribution in [0.3, 0.4) is 0 Å². The lowest BCUT2D eigenvalue weighted by Gasteiger charge is -2.09. The summed E-state index contributed by atoms with van der Waals surface area (Å²) in [7, 11) is 0. The zero-order chi connectivity index (χ0) is 12.0. The van der Waals surface area contributed by atoms with Crippen LogP contribution >= 0.6 is 0 Å². The van der Waals surface area contributed by atoms with Crippen LogP contribution in [-0.2, 0) is 9.59 Å². The topological polar surface area (TPSA) is 89.3 Å². The summed E-state index contributed by atoms with van der Waals surface area (Å²) in [5.41, 5.74) is 5.32. The van der Waals surface area contributed by atoms with Crippen molar-refractivity contribution in [3.8, 4) is 0 Å². The number of amides is 2. The quantitative estimate of drug-likeness (QED) is 0.716. The Labute approximate surface area is 92.6 Å². The van der Waals surface area contributed by atoms with Crippen molar-refractivity contribution in [2.45, 2.75) is 12.5 Å². The first kappa shape index (κ1) is 11.9. The molecule has 0 aliphatic carbocycles. The summed E-state index contributed by atoms with van der Waals surface area (Å²) in [5.74, 6) is -1.10. The molecule has 0 unspecified atom stereocenters. The largest absolute Gasteiger partial charge is 0.370 e. The molecule has 1 rings (SSSR count). The van der Waals surface area contributed by atoms with Gasteiger partial charge in [0, 0.05) is 5.56 Å². The van der Waals surface area contributed by atoms with E-state index in [4.69, 9.17) is 5.73 Å². The van der Waals surface area contributed by atoms with Crippen LogP contribution in [0.15, 0.2) is 30.3 Å². The van der Waals surface area contributed by atoms with Gasteiger partial charge in [0.2, 0.25) is 12.2 Å². The smallest absolute Gasteiger partial charge is 0.251 e. The molecule has 0 fully saturated rings. The lowest BCUT2D eigenvalue weighted by molar-refractivity contribution is -0.118. The summed E-state index contributed by atoms with van der Waals surface area (Å²) >= 11 is 0. The summed E-state index contributed by atoms with van der Waals surface area (Å²) in [6.45, 7) is 0. The third-order valence-electron chi connectivity index (χ3n) is 1.89. The second-order valence-corrected chi connectivity index (χ2v) is 3.18. The number of primary amides is 1. The van der Waals surface area contributed by atoms with Crippen LogP contribution in [0.1, 0.15) is 16.8 Å². The molecular weight excluding hydrogens is 208 g/mol. The van der Waals surface area contributed by atoms with Crippen molar-refractivity contribution >= 4 is 18.1 Å². The molecule has 0 aliphatic heterocycles. The van der Waals surface area contributed by atoms with E-state index < -0.39 is 17.9 Å². The van der Waals surface area contributed by atoms with Gasteiger partial charge in [0.15, 0.2) is 0 Å². The molecule has 5 nitrogen and oxygen atoms in total. The van der Waals surface area contributed by atoms with Gasteiger partial charge in [0.1, 0.15) is 6.04 Å². The van der Waals surface area contributed by atoms with Gasteiger partial charge in [-0.25, -0.2) is 0 Å². The van der Waals surface area contributed by atoms with E-state index in [1.807, 2.05) is 0 Å². The summed E-state index contributed by atoms with van der Waals surface area (Å²) in [4.78, 5) is 32.6. The van der Waals surface area contributed by atoms with Gasteiger partial charge in [-0.1, -0.05) is 18.2 Å². The molecule has 0 aliphatic rings. The number of hydrogen-bond donors (Lipinski definition) is 2. The Morgan fingerprint density at radius 2 is 1.94 bits per heavy atom. The summed E-state index contributed by atoms with van der Waals surface area (Å²) < 4.78 is 0. The number of carbonyl (C=O) groups is 2. The summed E-state index contributed by atoms with van der Waals surface area (Å²) in [6, 6.07) is 7.36. The van der Waals surface area contributed by atoms with Crippen molar-refractivity contribution < 1.29 is 14.4 Å². The molecule has 1 aromatic rings. The van der Waals surface area contributed by atoms with Crippen molar-refractivity contribution in [1.82, 2.24) is 5.32 Å². The van der Waals surface area contributed by atoms with E-state index in [9.17, 15) is 14.4 Å². The molecule has 0 saturated heterocycles. The fraction of sp³-hybridized carbons (Fsp3) is 0.182. The van der Waals surface area contributed by atoms with Gasteiger partial charge in [-0.3, -0.25) is 14.4 Å². The first-order chi connectivity index (χ1) is 7.63. The van der Waals surface area contributed by atoms with Crippen LogP contribution < -0.4 is 11.1 Å². The highest BCUT2D eigenvalue weighted by Crippen LogP contribution is 1.99. The molecule has 0 aromatic heterocycles. The second-order valence-electron chi connectivity index (χ2n) is 3.18. The third kappa shape index (κ3) is 3.53. The minimum Gasteiger partial charge on any atom is -0.370 e. The van der Waals surface area contributed by atoms with E-state index in [0.29, 0.717) is 5.56 Å². The van der Waals surface area contributed by atoms with Crippen LogP contribution in [0.5, 0.6) is 0 Å². The number of benzene rings is 1. The normalized spacial score (nSPS) is 11.5. The van der Waals surface area contributed by atoms with Crippen molar-refractivity contribution in [2.75, 3.05) is 0 Å². The highest BCUT2D eigenvalue weighted by molar-refractivity contribution is 5.96. The molecule has 3 N–H and O–H groups in total. The zero-order valence-electron chi connectivity index (χ0n) is 8.47. The maximum Gasteiger partial charge on any atom is 0.251 e. The molecule has 0 heterocycles. The van der Waals surface area contributed by atoms with Crippen molar-refractivity contribution in [1.29, 1.82) is 0 Å². The first-order valence-corrected chi connectivity index (χ1v) is 4.65. The number of rotatable bonds is 5. The summed E-state index contributed by atoms with van der Waals surface area (Å²) in [5, 5.41) is 2.35. The lowest BCUT2D eigenvalue weighted by Crippen LogP contribution is -2.38. The third-order valence-corrected chi connectivity index (χ3v) is 1.89. The van der Waals surface area contributed by atoms with Crippen LogP contribution in [0, 0.1) is 0 Å². The number of nitrogens with one attached hydrogen (secondary N) is 1. The molecule has 5 heteroatoms. The Hall–Kier alpha value is -2.17. The minimum atomic E-state index is -0.995. The van der Waals surface area contributed by atoms with Gasteiger partial charge in [0.05, 0.1) is 6.42 Å². The molecule has 83 valence electrons. The first-order valence-electron chi connectivity index (χ1n) is 4.65. The molecule has 2 amide bonds. The van der Waals surface area contributed by atoms with Crippen LogP contribution in [-0.4, -0.2) is 24.1 Å². The Morgan fingerprint density at radius 1 is 1.31 bits per heavy atom. The maximum atomic E-state index is 11.6. The fourth-order valence-corrected chi connectivity index (χ4v) is 1.15. The number of nitrogens with two attached hydrogens (primary N) is 1. The van der Waals surface area contributed by atoms with Gasteiger partial charge in [0.25, 0.3) is 5.91 Å². The molecule has 0 bridgehead atoms. The molecular formula is C11H11N2O3. The molecule has 1 atom stereocenters. The highest BCUT2D eigenvalue weighted by atomic mass is 16.2. The number of hydrogen-bond acceptors (Lipinski definition) is 3. The maximum absolute atomic E-state index is 11.6. The lowest BCUT2D eigenvalue weighted by atomic mass is 10.1. The Bertz CT molecular complexity index is 389. The van der Waals surface area contributed by atoms with E-state index in [-0.39, 0.29) is 6.42 Å². The standard InChI is InChI=1S/C11H11N2O3/c12-10(15)6-9(7-14)13-11(16)8-4-2-1-3-5-8/h1-5,9H,6H2,(H2,12,15)(H,13,16)/t9-/m1/s1. The van der Waals surface area contributed by atoms with Crippen molar-refractivity contribution in [3.05, 3.63) is 35.9 Å². The van der Waals surface area contributed by atoms with E-state index >= 15 is 0 Å². The predicted molar refractivity (Wildman–Crippen MR) is 57.2 cm³/mol. The van der Waals surface area contributed by atoms with Gasteiger partial charge < -0.3 is 11.1 Å². The Morgan fingerprint density at radius 3 is 2.44 bits per heavy atom. The van der Waals surface area contributed by atoms with E-state index in [0.717, 1.165) is 0 Å². The molecule has 16 heavy (non-hydrogen) atoms. The predicted octanol–water partition coefficient (Wildman–Crippen LogP) is -0.230. The van der Waals surface area contributed by atoms with Crippen LogP contribution in [0.4, 0.5) is 0 Å².